The maximum Gasteiger partial charge on any atom is 0.356 e. The molecule has 2 aromatic heterocycles. The van der Waals surface area contributed by atoms with E-state index in [1.54, 1.807) is 31.4 Å². The molecule has 0 saturated heterocycles. The number of carboxylic acid groups (broad SMARTS) is 1. The van der Waals surface area contributed by atoms with Gasteiger partial charge in [-0.2, -0.15) is 5.10 Å². The summed E-state index contributed by atoms with van der Waals surface area (Å²) in [6.07, 6.45) is 1.52. The number of ether oxygens (including phenoxy) is 1. The molecule has 0 amide bonds. The van der Waals surface area contributed by atoms with Crippen molar-refractivity contribution >= 4 is 5.97 Å². The lowest BCUT2D eigenvalue weighted by Crippen LogP contribution is -2.03. The van der Waals surface area contributed by atoms with Gasteiger partial charge in [0.25, 0.3) is 0 Å². The molecular weight excluding hydrogens is 272 g/mol. The van der Waals surface area contributed by atoms with Crippen LogP contribution in [-0.4, -0.2) is 28.0 Å². The summed E-state index contributed by atoms with van der Waals surface area (Å²) in [5.41, 5.74) is 1.12. The largest absolute Gasteiger partial charge is 0.494 e. The third-order valence-corrected chi connectivity index (χ3v) is 3.02. The third-order valence-electron chi connectivity index (χ3n) is 3.02. The fourth-order valence-electron chi connectivity index (χ4n) is 2.07. The van der Waals surface area contributed by atoms with Crippen molar-refractivity contribution in [2.75, 3.05) is 7.11 Å². The van der Waals surface area contributed by atoms with E-state index in [-0.39, 0.29) is 5.69 Å². The van der Waals surface area contributed by atoms with Gasteiger partial charge in [-0.15, -0.1) is 0 Å². The Morgan fingerprint density at radius 1 is 1.29 bits per heavy atom. The first-order valence-electron chi connectivity index (χ1n) is 6.21. The Labute approximate surface area is 120 Å². The number of hydrogen-bond donors (Lipinski definition) is 1. The number of aromatic nitrogens is 2. The first kappa shape index (κ1) is 13.0. The van der Waals surface area contributed by atoms with Crippen LogP contribution in [0.15, 0.2) is 53.1 Å². The average Bonchev–Trinajstić information content (AvgIpc) is 3.16. The number of benzene rings is 1. The molecule has 106 valence electrons. The molecule has 0 aliphatic heterocycles. The zero-order valence-corrected chi connectivity index (χ0v) is 11.2. The molecular formula is C15H12N2O4. The van der Waals surface area contributed by atoms with Crippen LogP contribution < -0.4 is 4.74 Å². The maximum atomic E-state index is 11.2. The molecule has 6 heteroatoms. The second-order valence-corrected chi connectivity index (χ2v) is 4.28. The van der Waals surface area contributed by atoms with E-state index in [1.165, 1.54) is 17.0 Å². The van der Waals surface area contributed by atoms with Gasteiger partial charge in [-0.1, -0.05) is 12.1 Å². The molecule has 1 aromatic carbocycles. The minimum absolute atomic E-state index is 0.0627. The van der Waals surface area contributed by atoms with Crippen molar-refractivity contribution < 1.29 is 19.1 Å². The number of furan rings is 1. The normalized spacial score (nSPS) is 10.5. The second kappa shape index (κ2) is 5.16. The van der Waals surface area contributed by atoms with Crippen molar-refractivity contribution in [2.45, 2.75) is 0 Å². The molecule has 0 spiro atoms. The molecule has 3 rings (SSSR count). The first-order valence-corrected chi connectivity index (χ1v) is 6.21. The number of methoxy groups -OCH3 is 1. The van der Waals surface area contributed by atoms with Gasteiger partial charge in [0, 0.05) is 6.07 Å². The summed E-state index contributed by atoms with van der Waals surface area (Å²) >= 11 is 0. The standard InChI is InChI=1S/C15H12N2O4/c1-20-13-6-3-2-5-11(13)17-12(14-7-4-8-21-14)9-10(16-17)15(18)19/h2-9H,1H3,(H,18,19). The summed E-state index contributed by atoms with van der Waals surface area (Å²) in [6.45, 7) is 0. The van der Waals surface area contributed by atoms with Crippen molar-refractivity contribution in [1.29, 1.82) is 0 Å². The van der Waals surface area contributed by atoms with Crippen LogP contribution >= 0.6 is 0 Å². The van der Waals surface area contributed by atoms with Crippen LogP contribution in [0.2, 0.25) is 0 Å². The molecule has 0 radical (unpaired) electrons. The van der Waals surface area contributed by atoms with E-state index in [0.29, 0.717) is 22.9 Å². The summed E-state index contributed by atoms with van der Waals surface area (Å²) in [4.78, 5) is 11.2. The van der Waals surface area contributed by atoms with Gasteiger partial charge < -0.3 is 14.3 Å². The zero-order chi connectivity index (χ0) is 14.8. The first-order chi connectivity index (χ1) is 10.2. The van der Waals surface area contributed by atoms with Crippen LogP contribution in [0, 0.1) is 0 Å². The van der Waals surface area contributed by atoms with Gasteiger partial charge in [0.2, 0.25) is 0 Å². The van der Waals surface area contributed by atoms with Crippen molar-refractivity contribution in [3.63, 3.8) is 0 Å². The van der Waals surface area contributed by atoms with E-state index in [4.69, 9.17) is 14.3 Å². The van der Waals surface area contributed by atoms with Crippen LogP contribution in [0.3, 0.4) is 0 Å². The lowest BCUT2D eigenvalue weighted by atomic mass is 10.2. The highest BCUT2D eigenvalue weighted by atomic mass is 16.5. The number of rotatable bonds is 4. The Kier molecular flexibility index (Phi) is 3.19. The van der Waals surface area contributed by atoms with E-state index in [2.05, 4.69) is 5.10 Å². The Balaban J connectivity index is 2.24. The van der Waals surface area contributed by atoms with Crippen LogP contribution in [0.4, 0.5) is 0 Å². The average molecular weight is 284 g/mol. The second-order valence-electron chi connectivity index (χ2n) is 4.28. The number of para-hydroxylation sites is 2. The van der Waals surface area contributed by atoms with E-state index in [0.717, 1.165) is 0 Å². The molecule has 0 bridgehead atoms. The van der Waals surface area contributed by atoms with E-state index in [1.807, 2.05) is 12.1 Å². The van der Waals surface area contributed by atoms with Gasteiger partial charge in [-0.05, 0) is 24.3 Å². The van der Waals surface area contributed by atoms with E-state index in [9.17, 15) is 4.79 Å². The monoisotopic (exact) mass is 284 g/mol. The molecule has 0 aliphatic rings. The Morgan fingerprint density at radius 2 is 2.10 bits per heavy atom. The molecule has 21 heavy (non-hydrogen) atoms. The summed E-state index contributed by atoms with van der Waals surface area (Å²) in [5, 5.41) is 13.3. The molecule has 3 aromatic rings. The lowest BCUT2D eigenvalue weighted by Gasteiger charge is -2.10. The Hall–Kier alpha value is -3.02. The number of carbonyl (C=O) groups is 1. The predicted molar refractivity (Wildman–Crippen MR) is 74.8 cm³/mol. The van der Waals surface area contributed by atoms with E-state index < -0.39 is 5.97 Å². The third kappa shape index (κ3) is 2.27. The molecule has 6 nitrogen and oxygen atoms in total. The zero-order valence-electron chi connectivity index (χ0n) is 11.2. The predicted octanol–water partition coefficient (Wildman–Crippen LogP) is 2.84. The molecule has 0 fully saturated rings. The Bertz CT molecular complexity index is 775. The van der Waals surface area contributed by atoms with Gasteiger partial charge in [0.05, 0.1) is 13.4 Å². The molecule has 1 N–H and O–H groups in total. The molecule has 2 heterocycles. The number of nitrogens with zero attached hydrogens (tertiary/aromatic N) is 2. The SMILES string of the molecule is COc1ccccc1-n1nc(C(=O)O)cc1-c1ccco1. The highest BCUT2D eigenvalue weighted by Gasteiger charge is 2.19. The molecule has 0 unspecified atom stereocenters. The van der Waals surface area contributed by atoms with Gasteiger partial charge >= 0.3 is 5.97 Å². The highest BCUT2D eigenvalue weighted by molar-refractivity contribution is 5.87. The topological polar surface area (TPSA) is 77.5 Å². The quantitative estimate of drug-likeness (QED) is 0.797. The minimum atomic E-state index is -1.10. The maximum absolute atomic E-state index is 11.2. The van der Waals surface area contributed by atoms with Crippen molar-refractivity contribution in [3.05, 3.63) is 54.4 Å². The lowest BCUT2D eigenvalue weighted by molar-refractivity contribution is 0.0690. The summed E-state index contributed by atoms with van der Waals surface area (Å²) in [7, 11) is 1.55. The minimum Gasteiger partial charge on any atom is -0.494 e. The van der Waals surface area contributed by atoms with Gasteiger partial charge in [0.1, 0.15) is 17.1 Å². The summed E-state index contributed by atoms with van der Waals surface area (Å²) in [5.74, 6) is 0.0164. The van der Waals surface area contributed by atoms with Crippen molar-refractivity contribution in [3.8, 4) is 22.9 Å². The van der Waals surface area contributed by atoms with Crippen LogP contribution in [0.25, 0.3) is 17.1 Å². The van der Waals surface area contributed by atoms with Gasteiger partial charge in [-0.3, -0.25) is 0 Å². The fourth-order valence-corrected chi connectivity index (χ4v) is 2.07. The van der Waals surface area contributed by atoms with Crippen molar-refractivity contribution in [1.82, 2.24) is 9.78 Å². The van der Waals surface area contributed by atoms with Crippen LogP contribution in [-0.2, 0) is 0 Å². The Morgan fingerprint density at radius 3 is 2.76 bits per heavy atom. The highest BCUT2D eigenvalue weighted by Crippen LogP contribution is 2.29. The molecule has 0 atom stereocenters. The molecule has 0 aliphatic carbocycles. The van der Waals surface area contributed by atoms with Crippen molar-refractivity contribution in [2.24, 2.45) is 0 Å². The number of carboxylic acids is 1. The smallest absolute Gasteiger partial charge is 0.356 e. The van der Waals surface area contributed by atoms with Gasteiger partial charge in [0.15, 0.2) is 11.5 Å². The summed E-state index contributed by atoms with van der Waals surface area (Å²) < 4.78 is 12.2. The van der Waals surface area contributed by atoms with Crippen LogP contribution in [0.5, 0.6) is 5.75 Å². The van der Waals surface area contributed by atoms with E-state index >= 15 is 0 Å². The summed E-state index contributed by atoms with van der Waals surface area (Å²) in [6, 6.07) is 12.2. The van der Waals surface area contributed by atoms with Gasteiger partial charge in [-0.25, -0.2) is 9.48 Å². The fraction of sp³-hybridized carbons (Fsp3) is 0.0667. The van der Waals surface area contributed by atoms with Crippen LogP contribution in [0.1, 0.15) is 10.5 Å². The number of aromatic carboxylic acids is 1. The number of hydrogen-bond acceptors (Lipinski definition) is 4. The molecule has 0 saturated carbocycles.